The minimum absolute atomic E-state index is 0.124. The first-order chi connectivity index (χ1) is 14.6. The van der Waals surface area contributed by atoms with E-state index in [2.05, 4.69) is 15.2 Å². The number of nitrogens with zero attached hydrogens (tertiary/aromatic N) is 2. The Labute approximate surface area is 172 Å². The number of aromatic nitrogens is 1. The summed E-state index contributed by atoms with van der Waals surface area (Å²) in [5.74, 6) is -1.06. The van der Waals surface area contributed by atoms with Crippen LogP contribution < -0.4 is 10.2 Å². The molecule has 0 atom stereocenters. The maximum Gasteiger partial charge on any atom is 0.224 e. The third kappa shape index (κ3) is 4.65. The lowest BCUT2D eigenvalue weighted by atomic mass is 10.2. The van der Waals surface area contributed by atoms with Crippen molar-refractivity contribution in [3.8, 4) is 11.3 Å². The molecule has 30 heavy (non-hydrogen) atoms. The molecule has 1 amide bonds. The molecular weight excluding hydrogens is 392 g/mol. The Balaban J connectivity index is 1.37. The second-order valence-corrected chi connectivity index (χ2v) is 6.91. The van der Waals surface area contributed by atoms with Crippen LogP contribution in [0.5, 0.6) is 0 Å². The van der Waals surface area contributed by atoms with Crippen molar-refractivity contribution >= 4 is 17.3 Å². The van der Waals surface area contributed by atoms with Crippen molar-refractivity contribution in [3.05, 3.63) is 66.2 Å². The molecule has 2 heterocycles. The van der Waals surface area contributed by atoms with Crippen LogP contribution in [-0.4, -0.2) is 37.2 Å². The van der Waals surface area contributed by atoms with Crippen molar-refractivity contribution in [2.75, 3.05) is 36.5 Å². The molecule has 0 spiro atoms. The highest BCUT2D eigenvalue weighted by Crippen LogP contribution is 2.27. The van der Waals surface area contributed by atoms with Crippen molar-refractivity contribution < 1.29 is 22.7 Å². The maximum absolute atomic E-state index is 13.9. The first-order valence-corrected chi connectivity index (χ1v) is 9.72. The summed E-state index contributed by atoms with van der Waals surface area (Å²) in [7, 11) is 0. The highest BCUT2D eigenvalue weighted by Gasteiger charge is 2.17. The Morgan fingerprint density at radius 1 is 1.13 bits per heavy atom. The zero-order valence-corrected chi connectivity index (χ0v) is 16.2. The molecule has 1 aliphatic rings. The molecule has 0 saturated carbocycles. The molecule has 1 aromatic heterocycles. The van der Waals surface area contributed by atoms with Gasteiger partial charge in [-0.25, -0.2) is 13.8 Å². The monoisotopic (exact) mass is 413 g/mol. The Morgan fingerprint density at radius 3 is 2.73 bits per heavy atom. The minimum Gasteiger partial charge on any atom is -0.441 e. The lowest BCUT2D eigenvalue weighted by molar-refractivity contribution is -0.116. The van der Waals surface area contributed by atoms with Gasteiger partial charge in [-0.05, 0) is 24.3 Å². The number of hydrogen-bond acceptors (Lipinski definition) is 5. The summed E-state index contributed by atoms with van der Waals surface area (Å²) in [5.41, 5.74) is 1.82. The SMILES string of the molecule is O=C(CCc1ncc(-c2ccc(F)cc2F)o1)Nc1ccccc1N1CCOCC1. The van der Waals surface area contributed by atoms with Crippen LogP contribution in [0.15, 0.2) is 53.1 Å². The number of anilines is 2. The number of aryl methyl sites for hydroxylation is 1. The number of benzene rings is 2. The number of carbonyl (C=O) groups excluding carboxylic acids is 1. The minimum atomic E-state index is -0.727. The molecule has 0 bridgehead atoms. The molecule has 6 nitrogen and oxygen atoms in total. The molecule has 0 unspecified atom stereocenters. The fraction of sp³-hybridized carbons (Fsp3) is 0.273. The van der Waals surface area contributed by atoms with E-state index >= 15 is 0 Å². The van der Waals surface area contributed by atoms with Gasteiger partial charge in [0.1, 0.15) is 11.6 Å². The summed E-state index contributed by atoms with van der Waals surface area (Å²) in [6.45, 7) is 2.85. The largest absolute Gasteiger partial charge is 0.441 e. The zero-order valence-electron chi connectivity index (χ0n) is 16.2. The summed E-state index contributed by atoms with van der Waals surface area (Å²) in [6, 6.07) is 10.9. The van der Waals surface area contributed by atoms with Crippen molar-refractivity contribution in [2.45, 2.75) is 12.8 Å². The number of nitrogens with one attached hydrogen (secondary N) is 1. The van der Waals surface area contributed by atoms with E-state index in [9.17, 15) is 13.6 Å². The topological polar surface area (TPSA) is 67.6 Å². The predicted octanol–water partition coefficient (Wildman–Crippen LogP) is 4.03. The first-order valence-electron chi connectivity index (χ1n) is 9.72. The highest BCUT2D eigenvalue weighted by atomic mass is 19.1. The average molecular weight is 413 g/mol. The maximum atomic E-state index is 13.9. The van der Waals surface area contributed by atoms with Gasteiger partial charge in [0.2, 0.25) is 5.91 Å². The fourth-order valence-corrected chi connectivity index (χ4v) is 3.33. The number of carbonyl (C=O) groups is 1. The van der Waals surface area contributed by atoms with Crippen LogP contribution in [0.25, 0.3) is 11.3 Å². The van der Waals surface area contributed by atoms with Crippen LogP contribution in [0.2, 0.25) is 0 Å². The second kappa shape index (κ2) is 9.04. The summed E-state index contributed by atoms with van der Waals surface area (Å²) >= 11 is 0. The molecule has 3 aromatic rings. The van der Waals surface area contributed by atoms with Gasteiger partial charge >= 0.3 is 0 Å². The van der Waals surface area contributed by atoms with Gasteiger partial charge in [0.05, 0.1) is 36.3 Å². The van der Waals surface area contributed by atoms with Gasteiger partial charge in [-0.2, -0.15) is 0 Å². The third-order valence-electron chi connectivity index (χ3n) is 4.85. The van der Waals surface area contributed by atoms with Crippen LogP contribution in [0.1, 0.15) is 12.3 Å². The number of oxazole rings is 1. The summed E-state index contributed by atoms with van der Waals surface area (Å²) in [5, 5.41) is 2.94. The molecule has 0 aliphatic carbocycles. The number of para-hydroxylation sites is 2. The van der Waals surface area contributed by atoms with Gasteiger partial charge in [0, 0.05) is 32.0 Å². The molecule has 2 aromatic carbocycles. The second-order valence-electron chi connectivity index (χ2n) is 6.91. The van der Waals surface area contributed by atoms with Gasteiger partial charge in [-0.3, -0.25) is 4.79 Å². The van der Waals surface area contributed by atoms with Crippen molar-refractivity contribution in [1.29, 1.82) is 0 Å². The number of hydrogen-bond donors (Lipinski definition) is 1. The highest BCUT2D eigenvalue weighted by molar-refractivity contribution is 5.94. The van der Waals surface area contributed by atoms with Gasteiger partial charge in [0.25, 0.3) is 0 Å². The number of morpholine rings is 1. The molecule has 156 valence electrons. The van der Waals surface area contributed by atoms with Crippen molar-refractivity contribution in [1.82, 2.24) is 4.98 Å². The van der Waals surface area contributed by atoms with Crippen LogP contribution in [-0.2, 0) is 16.0 Å². The number of ether oxygens (including phenoxy) is 1. The van der Waals surface area contributed by atoms with Crippen LogP contribution in [0, 0.1) is 11.6 Å². The van der Waals surface area contributed by atoms with Crippen LogP contribution in [0.3, 0.4) is 0 Å². The Kier molecular flexibility index (Phi) is 6.04. The molecule has 1 fully saturated rings. The van der Waals surface area contributed by atoms with Gasteiger partial charge in [0.15, 0.2) is 11.7 Å². The van der Waals surface area contributed by atoms with Crippen LogP contribution >= 0.6 is 0 Å². The van der Waals surface area contributed by atoms with E-state index < -0.39 is 11.6 Å². The molecule has 1 N–H and O–H groups in total. The summed E-state index contributed by atoms with van der Waals surface area (Å²) in [6.07, 6.45) is 1.79. The third-order valence-corrected chi connectivity index (χ3v) is 4.85. The van der Waals surface area contributed by atoms with Gasteiger partial charge < -0.3 is 19.4 Å². The quantitative estimate of drug-likeness (QED) is 0.661. The van der Waals surface area contributed by atoms with Gasteiger partial charge in [-0.15, -0.1) is 0 Å². The number of rotatable bonds is 6. The number of halogens is 2. The first kappa shape index (κ1) is 20.0. The molecular formula is C22H21F2N3O3. The van der Waals surface area contributed by atoms with E-state index in [-0.39, 0.29) is 30.1 Å². The van der Waals surface area contributed by atoms with Gasteiger partial charge in [-0.1, -0.05) is 12.1 Å². The number of amides is 1. The zero-order chi connectivity index (χ0) is 20.9. The summed E-state index contributed by atoms with van der Waals surface area (Å²) < 4.78 is 37.9. The molecule has 1 aliphatic heterocycles. The van der Waals surface area contributed by atoms with Crippen molar-refractivity contribution in [3.63, 3.8) is 0 Å². The Morgan fingerprint density at radius 2 is 1.93 bits per heavy atom. The average Bonchev–Trinajstić information content (AvgIpc) is 3.22. The Bertz CT molecular complexity index is 1030. The van der Waals surface area contributed by atoms with E-state index in [1.807, 2.05) is 24.3 Å². The lowest BCUT2D eigenvalue weighted by Crippen LogP contribution is -2.36. The van der Waals surface area contributed by atoms with E-state index in [4.69, 9.17) is 9.15 Å². The molecule has 1 saturated heterocycles. The molecule has 8 heteroatoms. The van der Waals surface area contributed by atoms with E-state index in [0.717, 1.165) is 36.6 Å². The van der Waals surface area contributed by atoms with Crippen molar-refractivity contribution in [2.24, 2.45) is 0 Å². The lowest BCUT2D eigenvalue weighted by Gasteiger charge is -2.30. The molecule has 0 radical (unpaired) electrons. The standard InChI is InChI=1S/C22H21F2N3O3/c23-15-5-6-16(17(24)13-15)20-14-25-22(30-20)8-7-21(28)26-18-3-1-2-4-19(18)27-9-11-29-12-10-27/h1-6,13-14H,7-12H2,(H,26,28). The van der Waals surface area contributed by atoms with E-state index in [0.29, 0.717) is 19.1 Å². The van der Waals surface area contributed by atoms with E-state index in [1.165, 1.54) is 12.3 Å². The Hall–Kier alpha value is -3.26. The molecule has 4 rings (SSSR count). The smallest absolute Gasteiger partial charge is 0.224 e. The van der Waals surface area contributed by atoms with E-state index in [1.54, 1.807) is 0 Å². The predicted molar refractivity (Wildman–Crippen MR) is 108 cm³/mol. The fourth-order valence-electron chi connectivity index (χ4n) is 3.33. The normalized spacial score (nSPS) is 14.0. The summed E-state index contributed by atoms with van der Waals surface area (Å²) in [4.78, 5) is 18.7. The van der Waals surface area contributed by atoms with Crippen LogP contribution in [0.4, 0.5) is 20.2 Å².